The minimum Gasteiger partial charge on any atom is -0.314 e. The van der Waals surface area contributed by atoms with Crippen LogP contribution in [-0.2, 0) is 9.84 Å². The Morgan fingerprint density at radius 2 is 1.68 bits per heavy atom. The van der Waals surface area contributed by atoms with Gasteiger partial charge in [0.2, 0.25) is 0 Å². The maximum atomic E-state index is 11.6. The Balaban J connectivity index is 2.19. The molecule has 1 fully saturated rings. The van der Waals surface area contributed by atoms with Crippen molar-refractivity contribution in [1.29, 1.82) is 0 Å². The van der Waals surface area contributed by atoms with E-state index in [0.717, 1.165) is 32.6 Å². The molecule has 0 radical (unpaired) electrons. The fourth-order valence-corrected chi connectivity index (χ4v) is 3.61. The molecule has 2 rings (SSSR count). The number of hydrogen-bond acceptors (Lipinski definition) is 4. The summed E-state index contributed by atoms with van der Waals surface area (Å²) in [5.41, 5.74) is 1.23. The van der Waals surface area contributed by atoms with Crippen LogP contribution in [0.4, 0.5) is 0 Å². The molecule has 1 aliphatic rings. The summed E-state index contributed by atoms with van der Waals surface area (Å²) in [7, 11) is -3.12. The smallest absolute Gasteiger partial charge is 0.175 e. The van der Waals surface area contributed by atoms with Crippen LogP contribution >= 0.6 is 0 Å². The quantitative estimate of drug-likeness (QED) is 0.873. The minimum atomic E-state index is -3.12. The largest absolute Gasteiger partial charge is 0.314 e. The Hall–Kier alpha value is -0.910. The molecule has 1 aliphatic heterocycles. The second kappa shape index (κ2) is 7.57. The van der Waals surface area contributed by atoms with Gasteiger partial charge in [0.05, 0.1) is 4.90 Å². The Labute approximate surface area is 134 Å². The molecule has 1 atom stereocenters. The molecular formula is C17H28N2O2S. The maximum Gasteiger partial charge on any atom is 0.175 e. The molecule has 0 aliphatic carbocycles. The third-order valence-electron chi connectivity index (χ3n) is 4.30. The summed E-state index contributed by atoms with van der Waals surface area (Å²) < 4.78 is 23.2. The number of rotatable bonds is 6. The highest BCUT2D eigenvalue weighted by atomic mass is 32.2. The van der Waals surface area contributed by atoms with Crippen molar-refractivity contribution in [3.8, 4) is 0 Å². The number of nitrogens with one attached hydrogen (secondary N) is 1. The van der Waals surface area contributed by atoms with Gasteiger partial charge in [-0.25, -0.2) is 8.42 Å². The predicted molar refractivity (Wildman–Crippen MR) is 90.8 cm³/mol. The van der Waals surface area contributed by atoms with Gasteiger partial charge >= 0.3 is 0 Å². The second-order valence-corrected chi connectivity index (χ2v) is 8.63. The molecule has 0 spiro atoms. The summed E-state index contributed by atoms with van der Waals surface area (Å²) in [4.78, 5) is 2.92. The van der Waals surface area contributed by atoms with Crippen LogP contribution in [0.25, 0.3) is 0 Å². The summed E-state index contributed by atoms with van der Waals surface area (Å²) in [6.45, 7) is 8.66. The van der Waals surface area contributed by atoms with Crippen LogP contribution in [-0.4, -0.2) is 45.8 Å². The van der Waals surface area contributed by atoms with Gasteiger partial charge in [0.25, 0.3) is 0 Å². The van der Waals surface area contributed by atoms with Gasteiger partial charge in [0.15, 0.2) is 9.84 Å². The molecule has 1 aromatic rings. The molecule has 1 N–H and O–H groups in total. The van der Waals surface area contributed by atoms with E-state index in [0.29, 0.717) is 16.9 Å². The van der Waals surface area contributed by atoms with Gasteiger partial charge in [0.1, 0.15) is 0 Å². The molecule has 0 saturated carbocycles. The van der Waals surface area contributed by atoms with Gasteiger partial charge in [0, 0.05) is 38.5 Å². The van der Waals surface area contributed by atoms with Gasteiger partial charge in [-0.2, -0.15) is 0 Å². The molecule has 1 saturated heterocycles. The molecule has 0 bridgehead atoms. The van der Waals surface area contributed by atoms with E-state index in [4.69, 9.17) is 0 Å². The lowest BCUT2D eigenvalue weighted by molar-refractivity contribution is 0.160. The molecular weight excluding hydrogens is 296 g/mol. The molecule has 4 nitrogen and oxygen atoms in total. The van der Waals surface area contributed by atoms with Crippen LogP contribution < -0.4 is 5.32 Å². The first kappa shape index (κ1) is 17.4. The van der Waals surface area contributed by atoms with Crippen LogP contribution in [0.2, 0.25) is 0 Å². The van der Waals surface area contributed by atoms with Crippen molar-refractivity contribution in [2.45, 2.75) is 37.6 Å². The zero-order valence-electron chi connectivity index (χ0n) is 13.9. The van der Waals surface area contributed by atoms with Crippen LogP contribution in [0.3, 0.4) is 0 Å². The third kappa shape index (κ3) is 4.80. The van der Waals surface area contributed by atoms with Crippen LogP contribution in [0, 0.1) is 5.92 Å². The first-order valence-electron chi connectivity index (χ1n) is 8.12. The molecule has 5 heteroatoms. The number of piperazine rings is 1. The fraction of sp³-hybridized carbons (Fsp3) is 0.647. The summed E-state index contributed by atoms with van der Waals surface area (Å²) in [6.07, 6.45) is 3.56. The van der Waals surface area contributed by atoms with Gasteiger partial charge < -0.3 is 5.32 Å². The fourth-order valence-electron chi connectivity index (χ4n) is 2.98. The lowest BCUT2D eigenvalue weighted by Crippen LogP contribution is -2.45. The predicted octanol–water partition coefficient (Wildman–Crippen LogP) is 2.47. The highest BCUT2D eigenvalue weighted by Gasteiger charge is 2.22. The average Bonchev–Trinajstić information content (AvgIpc) is 2.48. The van der Waals surface area contributed by atoms with Crippen LogP contribution in [0.15, 0.2) is 29.2 Å². The Kier molecular flexibility index (Phi) is 6.01. The first-order chi connectivity index (χ1) is 10.4. The van der Waals surface area contributed by atoms with E-state index >= 15 is 0 Å². The van der Waals surface area contributed by atoms with Crippen LogP contribution in [0.1, 0.15) is 38.3 Å². The van der Waals surface area contributed by atoms with Crippen LogP contribution in [0.5, 0.6) is 0 Å². The van der Waals surface area contributed by atoms with Crippen molar-refractivity contribution in [1.82, 2.24) is 10.2 Å². The molecule has 0 amide bonds. The highest BCUT2D eigenvalue weighted by molar-refractivity contribution is 7.90. The summed E-state index contributed by atoms with van der Waals surface area (Å²) >= 11 is 0. The third-order valence-corrected chi connectivity index (χ3v) is 5.43. The summed E-state index contributed by atoms with van der Waals surface area (Å²) in [6, 6.07) is 7.86. The minimum absolute atomic E-state index is 0.387. The SMILES string of the molecule is CC(C)CC[C@H](c1ccc(S(C)(=O)=O)cc1)N1CCNCC1. The number of sulfone groups is 1. The van der Waals surface area contributed by atoms with Gasteiger partial charge in [-0.3, -0.25) is 4.90 Å². The number of hydrogen-bond donors (Lipinski definition) is 1. The van der Waals surface area contributed by atoms with E-state index in [1.807, 2.05) is 12.1 Å². The van der Waals surface area contributed by atoms with E-state index in [1.54, 1.807) is 12.1 Å². The molecule has 22 heavy (non-hydrogen) atoms. The standard InChI is InChI=1S/C17H28N2O2S/c1-14(2)4-9-17(19-12-10-18-11-13-19)15-5-7-16(8-6-15)22(3,20)21/h5-8,14,17-18H,4,9-13H2,1-3H3/t17-/m1/s1. The zero-order chi connectivity index (χ0) is 16.2. The van der Waals surface area contributed by atoms with Crippen molar-refractivity contribution in [3.63, 3.8) is 0 Å². The monoisotopic (exact) mass is 324 g/mol. The van der Waals surface area contributed by atoms with E-state index in [-0.39, 0.29) is 0 Å². The maximum absolute atomic E-state index is 11.6. The Morgan fingerprint density at radius 1 is 1.09 bits per heavy atom. The van der Waals surface area contributed by atoms with Crippen molar-refractivity contribution >= 4 is 9.84 Å². The molecule has 0 aromatic heterocycles. The van der Waals surface area contributed by atoms with Crippen molar-refractivity contribution in [2.75, 3.05) is 32.4 Å². The lowest BCUT2D eigenvalue weighted by atomic mass is 9.96. The van der Waals surface area contributed by atoms with E-state index in [2.05, 4.69) is 24.1 Å². The number of nitrogens with zero attached hydrogens (tertiary/aromatic N) is 1. The first-order valence-corrected chi connectivity index (χ1v) is 10.0. The van der Waals surface area contributed by atoms with Gasteiger partial charge in [-0.15, -0.1) is 0 Å². The molecule has 1 heterocycles. The van der Waals surface area contributed by atoms with E-state index in [1.165, 1.54) is 18.2 Å². The van der Waals surface area contributed by atoms with Crippen molar-refractivity contribution < 1.29 is 8.42 Å². The topological polar surface area (TPSA) is 49.4 Å². The van der Waals surface area contributed by atoms with Gasteiger partial charge in [-0.05, 0) is 36.5 Å². The van der Waals surface area contributed by atoms with Gasteiger partial charge in [-0.1, -0.05) is 26.0 Å². The van der Waals surface area contributed by atoms with Crippen molar-refractivity contribution in [3.05, 3.63) is 29.8 Å². The molecule has 124 valence electrons. The molecule has 1 aromatic carbocycles. The lowest BCUT2D eigenvalue weighted by Gasteiger charge is -2.35. The average molecular weight is 324 g/mol. The normalized spacial score (nSPS) is 18.5. The Bertz CT molecular complexity index is 561. The van der Waals surface area contributed by atoms with E-state index in [9.17, 15) is 8.42 Å². The summed E-state index contributed by atoms with van der Waals surface area (Å²) in [5.74, 6) is 0.681. The van der Waals surface area contributed by atoms with E-state index < -0.39 is 9.84 Å². The second-order valence-electron chi connectivity index (χ2n) is 6.61. The number of benzene rings is 1. The summed E-state index contributed by atoms with van der Waals surface area (Å²) in [5, 5.41) is 3.39. The highest BCUT2D eigenvalue weighted by Crippen LogP contribution is 2.28. The molecule has 0 unspecified atom stereocenters. The van der Waals surface area contributed by atoms with Crippen molar-refractivity contribution in [2.24, 2.45) is 5.92 Å². The zero-order valence-corrected chi connectivity index (χ0v) is 14.7. The Morgan fingerprint density at radius 3 is 2.18 bits per heavy atom.